The first-order valence-electron chi connectivity index (χ1n) is 8.10. The molecule has 0 saturated heterocycles. The van der Waals surface area contributed by atoms with Gasteiger partial charge in [-0.25, -0.2) is 4.98 Å². The van der Waals surface area contributed by atoms with Crippen LogP contribution in [-0.2, 0) is 17.8 Å². The normalized spacial score (nSPS) is 10.5. The van der Waals surface area contributed by atoms with Crippen molar-refractivity contribution in [1.82, 2.24) is 4.98 Å². The number of rotatable bonds is 7. The topological polar surface area (TPSA) is 81.8 Å². The molecule has 2 aromatic carbocycles. The molecule has 1 N–H and O–H groups in total. The maximum Gasteiger partial charge on any atom is 0.307 e. The zero-order chi connectivity index (χ0) is 18.5. The Morgan fingerprint density at radius 2 is 1.88 bits per heavy atom. The van der Waals surface area contributed by atoms with Crippen LogP contribution in [-0.4, -0.2) is 23.2 Å². The summed E-state index contributed by atoms with van der Waals surface area (Å²) in [6.45, 7) is 2.09. The average Bonchev–Trinajstić information content (AvgIpc) is 3.01. The van der Waals surface area contributed by atoms with E-state index in [2.05, 4.69) is 4.98 Å². The summed E-state index contributed by atoms with van der Waals surface area (Å²) in [4.78, 5) is 15.2. The van der Waals surface area contributed by atoms with Gasteiger partial charge in [-0.1, -0.05) is 24.3 Å². The van der Waals surface area contributed by atoms with E-state index in [1.165, 1.54) is 0 Å². The summed E-state index contributed by atoms with van der Waals surface area (Å²) in [6.07, 6.45) is -0.0102. The predicted molar refractivity (Wildman–Crippen MR) is 95.3 cm³/mol. The van der Waals surface area contributed by atoms with Crippen LogP contribution in [0, 0.1) is 6.92 Å². The number of aliphatic carboxylic acids is 1. The van der Waals surface area contributed by atoms with Gasteiger partial charge in [-0.3, -0.25) is 4.79 Å². The summed E-state index contributed by atoms with van der Waals surface area (Å²) in [5.41, 5.74) is 2.25. The lowest BCUT2D eigenvalue weighted by atomic mass is 10.1. The maximum atomic E-state index is 10.7. The minimum atomic E-state index is -0.861. The first-order chi connectivity index (χ1) is 12.6. The van der Waals surface area contributed by atoms with Gasteiger partial charge >= 0.3 is 5.97 Å². The Hall–Kier alpha value is -3.28. The van der Waals surface area contributed by atoms with Gasteiger partial charge in [-0.2, -0.15) is 0 Å². The molecular formula is C20H19NO5. The van der Waals surface area contributed by atoms with Gasteiger partial charge in [0.2, 0.25) is 5.89 Å². The van der Waals surface area contributed by atoms with Gasteiger partial charge in [-0.15, -0.1) is 0 Å². The Labute approximate surface area is 151 Å². The van der Waals surface area contributed by atoms with Crippen LogP contribution in [0.5, 0.6) is 11.5 Å². The van der Waals surface area contributed by atoms with Gasteiger partial charge in [0.05, 0.1) is 24.8 Å². The molecule has 6 nitrogen and oxygen atoms in total. The molecule has 0 unspecified atom stereocenters. The highest BCUT2D eigenvalue weighted by Gasteiger charge is 2.15. The van der Waals surface area contributed by atoms with Crippen molar-refractivity contribution >= 4 is 5.97 Å². The second-order valence-corrected chi connectivity index (χ2v) is 5.73. The van der Waals surface area contributed by atoms with Gasteiger partial charge in [-0.05, 0) is 36.8 Å². The molecule has 1 heterocycles. The number of oxazole rings is 1. The standard InChI is InChI=1S/C20H19NO5/c1-13-18(12-25-15-9-7-14(8-10-15)11-19(22)23)26-20(21-13)16-5-3-4-6-17(16)24-2/h3-10H,11-12H2,1-2H3,(H,22,23). The first kappa shape index (κ1) is 17.5. The van der Waals surface area contributed by atoms with Crippen molar-refractivity contribution in [2.45, 2.75) is 20.0 Å². The largest absolute Gasteiger partial charge is 0.496 e. The summed E-state index contributed by atoms with van der Waals surface area (Å²) in [7, 11) is 1.60. The van der Waals surface area contributed by atoms with E-state index >= 15 is 0 Å². The maximum absolute atomic E-state index is 10.7. The van der Waals surface area contributed by atoms with Crippen molar-refractivity contribution in [3.8, 4) is 23.0 Å². The van der Waals surface area contributed by atoms with Crippen LogP contribution in [0.3, 0.4) is 0 Å². The number of carboxylic acids is 1. The van der Waals surface area contributed by atoms with E-state index in [1.54, 1.807) is 31.4 Å². The lowest BCUT2D eigenvalue weighted by Gasteiger charge is -2.06. The lowest BCUT2D eigenvalue weighted by molar-refractivity contribution is -0.136. The number of nitrogens with zero attached hydrogens (tertiary/aromatic N) is 1. The van der Waals surface area contributed by atoms with Crippen molar-refractivity contribution < 1.29 is 23.8 Å². The van der Waals surface area contributed by atoms with Gasteiger partial charge in [0, 0.05) is 0 Å². The molecule has 134 valence electrons. The van der Waals surface area contributed by atoms with Crippen molar-refractivity contribution in [3.63, 3.8) is 0 Å². The molecule has 6 heteroatoms. The van der Waals surface area contributed by atoms with Crippen LogP contribution < -0.4 is 9.47 Å². The van der Waals surface area contributed by atoms with Crippen molar-refractivity contribution in [3.05, 3.63) is 65.5 Å². The molecule has 0 radical (unpaired) electrons. The number of para-hydroxylation sites is 1. The molecule has 1 aromatic heterocycles. The van der Waals surface area contributed by atoms with Crippen LogP contribution >= 0.6 is 0 Å². The lowest BCUT2D eigenvalue weighted by Crippen LogP contribution is -2.00. The van der Waals surface area contributed by atoms with E-state index in [0.717, 1.165) is 16.8 Å². The van der Waals surface area contributed by atoms with Gasteiger partial charge in [0.1, 0.15) is 18.1 Å². The van der Waals surface area contributed by atoms with Crippen LogP contribution in [0.25, 0.3) is 11.5 Å². The van der Waals surface area contributed by atoms with Crippen LogP contribution in [0.1, 0.15) is 17.0 Å². The summed E-state index contributed by atoms with van der Waals surface area (Å²) in [5.74, 6) is 1.57. The number of methoxy groups -OCH3 is 1. The molecule has 26 heavy (non-hydrogen) atoms. The van der Waals surface area contributed by atoms with Crippen LogP contribution in [0.15, 0.2) is 52.9 Å². The van der Waals surface area contributed by atoms with E-state index in [1.807, 2.05) is 31.2 Å². The number of hydrogen-bond acceptors (Lipinski definition) is 5. The van der Waals surface area contributed by atoms with E-state index in [-0.39, 0.29) is 13.0 Å². The quantitative estimate of drug-likeness (QED) is 0.694. The van der Waals surface area contributed by atoms with Crippen molar-refractivity contribution in [2.24, 2.45) is 0 Å². The molecule has 0 atom stereocenters. The van der Waals surface area contributed by atoms with E-state index in [4.69, 9.17) is 19.0 Å². The zero-order valence-corrected chi connectivity index (χ0v) is 14.6. The Morgan fingerprint density at radius 3 is 2.58 bits per heavy atom. The minimum absolute atomic E-state index is 0.0102. The molecule has 0 bridgehead atoms. The molecule has 3 rings (SSSR count). The fraction of sp³-hybridized carbons (Fsp3) is 0.200. The highest BCUT2D eigenvalue weighted by Crippen LogP contribution is 2.30. The molecule has 3 aromatic rings. The highest BCUT2D eigenvalue weighted by atomic mass is 16.5. The van der Waals surface area contributed by atoms with Gasteiger partial charge in [0.25, 0.3) is 0 Å². The number of aryl methyl sites for hydroxylation is 1. The number of ether oxygens (including phenoxy) is 2. The molecule has 0 amide bonds. The number of hydrogen-bond donors (Lipinski definition) is 1. The molecule has 0 spiro atoms. The number of benzene rings is 2. The van der Waals surface area contributed by atoms with Crippen molar-refractivity contribution in [1.29, 1.82) is 0 Å². The Bertz CT molecular complexity index is 899. The molecule has 0 aliphatic carbocycles. The molecule has 0 saturated carbocycles. The molecule has 0 fully saturated rings. The monoisotopic (exact) mass is 353 g/mol. The van der Waals surface area contributed by atoms with Crippen molar-refractivity contribution in [2.75, 3.05) is 7.11 Å². The predicted octanol–water partition coefficient (Wildman–Crippen LogP) is 3.86. The van der Waals surface area contributed by atoms with Gasteiger partial charge in [0.15, 0.2) is 5.76 Å². The minimum Gasteiger partial charge on any atom is -0.496 e. The fourth-order valence-corrected chi connectivity index (χ4v) is 2.53. The zero-order valence-electron chi connectivity index (χ0n) is 14.6. The van der Waals surface area contributed by atoms with Crippen LogP contribution in [0.4, 0.5) is 0 Å². The highest BCUT2D eigenvalue weighted by molar-refractivity contribution is 5.70. The van der Waals surface area contributed by atoms with E-state index in [9.17, 15) is 4.79 Å². The smallest absolute Gasteiger partial charge is 0.307 e. The van der Waals surface area contributed by atoms with E-state index < -0.39 is 5.97 Å². The number of carboxylic acid groups (broad SMARTS) is 1. The Balaban J connectivity index is 1.71. The Kier molecular flexibility index (Phi) is 5.22. The molecule has 0 aliphatic heterocycles. The fourth-order valence-electron chi connectivity index (χ4n) is 2.53. The van der Waals surface area contributed by atoms with Gasteiger partial charge < -0.3 is 19.0 Å². The first-order valence-corrected chi connectivity index (χ1v) is 8.10. The van der Waals surface area contributed by atoms with E-state index in [0.29, 0.717) is 23.1 Å². The second-order valence-electron chi connectivity index (χ2n) is 5.73. The molecule has 0 aliphatic rings. The third-order valence-electron chi connectivity index (χ3n) is 3.88. The Morgan fingerprint density at radius 1 is 1.15 bits per heavy atom. The third kappa shape index (κ3) is 4.03. The number of carbonyl (C=O) groups is 1. The summed E-state index contributed by atoms with van der Waals surface area (Å²) in [5, 5.41) is 8.79. The molecular weight excluding hydrogens is 334 g/mol. The summed E-state index contributed by atoms with van der Waals surface area (Å²) in [6, 6.07) is 14.5. The number of aromatic nitrogens is 1. The average molecular weight is 353 g/mol. The van der Waals surface area contributed by atoms with Crippen LogP contribution in [0.2, 0.25) is 0 Å². The second kappa shape index (κ2) is 7.74. The SMILES string of the molecule is COc1ccccc1-c1nc(C)c(COc2ccc(CC(=O)O)cc2)o1. The summed E-state index contributed by atoms with van der Waals surface area (Å²) >= 11 is 0. The summed E-state index contributed by atoms with van der Waals surface area (Å²) < 4.78 is 16.9. The third-order valence-corrected chi connectivity index (χ3v) is 3.88.